The van der Waals surface area contributed by atoms with Gasteiger partial charge in [0.2, 0.25) is 0 Å². The summed E-state index contributed by atoms with van der Waals surface area (Å²) in [5, 5.41) is 3.00. The van der Waals surface area contributed by atoms with Crippen LogP contribution in [0, 0.1) is 5.92 Å². The Morgan fingerprint density at radius 3 is 2.41 bits per heavy atom. The first kappa shape index (κ1) is 23.9. The molecular formula is C24H35N3O5. The van der Waals surface area contributed by atoms with E-state index < -0.39 is 12.0 Å². The molecule has 2 amide bonds. The molecule has 2 aliphatic rings. The van der Waals surface area contributed by atoms with E-state index in [2.05, 4.69) is 17.1 Å². The number of amides is 2. The van der Waals surface area contributed by atoms with E-state index in [-0.39, 0.29) is 12.6 Å². The third-order valence-electron chi connectivity index (χ3n) is 6.24. The van der Waals surface area contributed by atoms with Crippen molar-refractivity contribution in [2.24, 2.45) is 5.92 Å². The van der Waals surface area contributed by atoms with Crippen LogP contribution in [-0.2, 0) is 9.53 Å². The average Bonchev–Trinajstić information content (AvgIpc) is 2.80. The average molecular weight is 446 g/mol. The minimum Gasteiger partial charge on any atom is -0.493 e. The smallest absolute Gasteiger partial charge is 0.338 e. The Bertz CT molecular complexity index is 861. The first-order valence-electron chi connectivity index (χ1n) is 11.4. The van der Waals surface area contributed by atoms with Crippen LogP contribution in [0.25, 0.3) is 0 Å². The molecule has 32 heavy (non-hydrogen) atoms. The number of rotatable bonds is 8. The van der Waals surface area contributed by atoms with Crippen LogP contribution in [0.15, 0.2) is 29.5 Å². The number of carbonyl (C=O) groups excluding carboxylic acids is 2. The molecule has 1 aromatic rings. The van der Waals surface area contributed by atoms with Crippen molar-refractivity contribution in [3.8, 4) is 11.5 Å². The van der Waals surface area contributed by atoms with Gasteiger partial charge in [0.15, 0.2) is 11.5 Å². The van der Waals surface area contributed by atoms with Crippen LogP contribution < -0.4 is 14.8 Å². The van der Waals surface area contributed by atoms with Crippen molar-refractivity contribution < 1.29 is 23.8 Å². The highest BCUT2D eigenvalue weighted by Gasteiger charge is 2.38. The van der Waals surface area contributed by atoms with Crippen molar-refractivity contribution in [3.63, 3.8) is 0 Å². The summed E-state index contributed by atoms with van der Waals surface area (Å²) in [6.07, 6.45) is 2.22. The van der Waals surface area contributed by atoms with E-state index in [9.17, 15) is 9.59 Å². The Morgan fingerprint density at radius 1 is 1.12 bits per heavy atom. The Kier molecular flexibility index (Phi) is 8.01. The number of carbonyl (C=O) groups is 2. The molecule has 3 rings (SSSR count). The summed E-state index contributed by atoms with van der Waals surface area (Å²) in [5.41, 5.74) is 1.92. The Hall–Kier alpha value is -2.74. The predicted octanol–water partition coefficient (Wildman–Crippen LogP) is 3.34. The van der Waals surface area contributed by atoms with Gasteiger partial charge in [-0.2, -0.15) is 0 Å². The highest BCUT2D eigenvalue weighted by atomic mass is 16.5. The third-order valence-corrected chi connectivity index (χ3v) is 6.24. The van der Waals surface area contributed by atoms with Crippen LogP contribution in [0.3, 0.4) is 0 Å². The van der Waals surface area contributed by atoms with Gasteiger partial charge in [-0.05, 0) is 63.4 Å². The Labute approximate surface area is 190 Å². The number of hydrogen-bond donors (Lipinski definition) is 1. The summed E-state index contributed by atoms with van der Waals surface area (Å²) >= 11 is 0. The molecule has 0 radical (unpaired) electrons. The van der Waals surface area contributed by atoms with Crippen molar-refractivity contribution in [2.75, 3.05) is 47.0 Å². The number of likely N-dealkylation sites (N-methyl/N-ethyl adjacent to an activating group) is 1. The minimum absolute atomic E-state index is 0.222. The molecule has 0 saturated carbocycles. The van der Waals surface area contributed by atoms with Gasteiger partial charge in [0.1, 0.15) is 0 Å². The lowest BCUT2D eigenvalue weighted by Crippen LogP contribution is -2.51. The topological polar surface area (TPSA) is 80.3 Å². The van der Waals surface area contributed by atoms with Crippen molar-refractivity contribution in [1.29, 1.82) is 0 Å². The molecule has 0 bridgehead atoms. The van der Waals surface area contributed by atoms with Gasteiger partial charge in [0.25, 0.3) is 0 Å². The van der Waals surface area contributed by atoms with Gasteiger partial charge in [-0.3, -0.25) is 9.80 Å². The highest BCUT2D eigenvalue weighted by molar-refractivity contribution is 5.95. The van der Waals surface area contributed by atoms with E-state index in [1.165, 1.54) is 0 Å². The molecule has 1 fully saturated rings. The maximum absolute atomic E-state index is 13.2. The number of likely N-dealkylation sites (tertiary alicyclic amines) is 1. The van der Waals surface area contributed by atoms with E-state index in [1.807, 2.05) is 13.0 Å². The summed E-state index contributed by atoms with van der Waals surface area (Å²) in [7, 11) is 3.13. The molecule has 1 unspecified atom stereocenters. The second-order valence-corrected chi connectivity index (χ2v) is 8.28. The molecule has 1 atom stereocenters. The first-order valence-corrected chi connectivity index (χ1v) is 11.4. The van der Waals surface area contributed by atoms with E-state index in [4.69, 9.17) is 14.2 Å². The number of ether oxygens (including phenoxy) is 3. The second-order valence-electron chi connectivity index (χ2n) is 8.28. The fourth-order valence-electron chi connectivity index (χ4n) is 4.37. The van der Waals surface area contributed by atoms with Crippen molar-refractivity contribution in [1.82, 2.24) is 15.1 Å². The molecule has 2 heterocycles. The summed E-state index contributed by atoms with van der Waals surface area (Å²) in [6, 6.07) is 4.56. The largest absolute Gasteiger partial charge is 0.493 e. The molecule has 8 heteroatoms. The van der Waals surface area contributed by atoms with E-state index in [0.717, 1.165) is 31.5 Å². The fourth-order valence-corrected chi connectivity index (χ4v) is 4.37. The van der Waals surface area contributed by atoms with Crippen LogP contribution in [0.1, 0.15) is 45.2 Å². The predicted molar refractivity (Wildman–Crippen MR) is 122 cm³/mol. The third kappa shape index (κ3) is 5.01. The second kappa shape index (κ2) is 10.7. The van der Waals surface area contributed by atoms with Gasteiger partial charge in [0.05, 0.1) is 32.4 Å². The summed E-state index contributed by atoms with van der Waals surface area (Å²) < 4.78 is 16.2. The monoisotopic (exact) mass is 445 g/mol. The molecule has 1 aromatic carbocycles. The molecule has 1 saturated heterocycles. The summed E-state index contributed by atoms with van der Waals surface area (Å²) in [5.74, 6) is 1.40. The lowest BCUT2D eigenvalue weighted by molar-refractivity contribution is -0.139. The van der Waals surface area contributed by atoms with Gasteiger partial charge in [-0.25, -0.2) is 9.59 Å². The molecule has 0 aliphatic carbocycles. The SMILES string of the molecule is CCOC(=O)C1=C(CN2CCC(C)CC2)N(CC)C(=O)NC1c1ccc(OC)c(OC)c1. The van der Waals surface area contributed by atoms with Crippen LogP contribution in [0.5, 0.6) is 11.5 Å². The zero-order valence-corrected chi connectivity index (χ0v) is 19.8. The minimum atomic E-state index is -0.636. The van der Waals surface area contributed by atoms with Gasteiger partial charge in [-0.1, -0.05) is 13.0 Å². The van der Waals surface area contributed by atoms with Gasteiger partial charge < -0.3 is 19.5 Å². The van der Waals surface area contributed by atoms with E-state index in [0.29, 0.717) is 41.8 Å². The molecule has 8 nitrogen and oxygen atoms in total. The van der Waals surface area contributed by atoms with Crippen molar-refractivity contribution in [2.45, 2.75) is 39.7 Å². The zero-order valence-electron chi connectivity index (χ0n) is 19.8. The van der Waals surface area contributed by atoms with Gasteiger partial charge in [0, 0.05) is 18.8 Å². The number of esters is 1. The normalized spacial score (nSPS) is 20.2. The number of benzene rings is 1. The van der Waals surface area contributed by atoms with Crippen LogP contribution in [0.4, 0.5) is 4.79 Å². The number of urea groups is 1. The number of methoxy groups -OCH3 is 2. The quantitative estimate of drug-likeness (QED) is 0.618. The number of hydrogen-bond acceptors (Lipinski definition) is 6. The maximum Gasteiger partial charge on any atom is 0.338 e. The lowest BCUT2D eigenvalue weighted by atomic mass is 9.93. The van der Waals surface area contributed by atoms with Crippen LogP contribution in [0.2, 0.25) is 0 Å². The number of nitrogens with zero attached hydrogens (tertiary/aromatic N) is 2. The summed E-state index contributed by atoms with van der Waals surface area (Å²) in [6.45, 7) is 9.11. The maximum atomic E-state index is 13.2. The standard InChI is InChI=1S/C24H35N3O5/c1-6-27-18(15-26-12-10-16(3)11-13-26)21(23(28)32-7-2)22(25-24(27)29)17-8-9-19(30-4)20(14-17)31-5/h8-9,14,16,22H,6-7,10-13,15H2,1-5H3,(H,25,29). The number of piperidine rings is 1. The molecule has 0 spiro atoms. The fraction of sp³-hybridized carbons (Fsp3) is 0.583. The summed E-state index contributed by atoms with van der Waals surface area (Å²) in [4.78, 5) is 30.2. The lowest BCUT2D eigenvalue weighted by Gasteiger charge is -2.39. The molecule has 2 aliphatic heterocycles. The molecule has 1 N–H and O–H groups in total. The molecule has 176 valence electrons. The number of nitrogens with one attached hydrogen (secondary N) is 1. The van der Waals surface area contributed by atoms with Crippen LogP contribution in [-0.4, -0.2) is 68.8 Å². The van der Waals surface area contributed by atoms with Gasteiger partial charge in [-0.15, -0.1) is 0 Å². The van der Waals surface area contributed by atoms with Gasteiger partial charge >= 0.3 is 12.0 Å². The van der Waals surface area contributed by atoms with E-state index >= 15 is 0 Å². The highest BCUT2D eigenvalue weighted by Crippen LogP contribution is 2.36. The Balaban J connectivity index is 2.08. The van der Waals surface area contributed by atoms with Crippen molar-refractivity contribution in [3.05, 3.63) is 35.0 Å². The first-order chi connectivity index (χ1) is 15.4. The van der Waals surface area contributed by atoms with Crippen LogP contribution >= 0.6 is 0 Å². The Morgan fingerprint density at radius 2 is 1.81 bits per heavy atom. The zero-order chi connectivity index (χ0) is 23.3. The van der Waals surface area contributed by atoms with Crippen molar-refractivity contribution >= 4 is 12.0 Å². The van der Waals surface area contributed by atoms with E-state index in [1.54, 1.807) is 38.2 Å². The molecule has 0 aromatic heterocycles. The molecular weight excluding hydrogens is 410 g/mol.